The summed E-state index contributed by atoms with van der Waals surface area (Å²) in [6.07, 6.45) is 6.13. The van der Waals surface area contributed by atoms with Gasteiger partial charge in [0.15, 0.2) is 5.96 Å². The lowest BCUT2D eigenvalue weighted by atomic mass is 10.0. The Morgan fingerprint density at radius 1 is 1.22 bits per heavy atom. The zero-order valence-electron chi connectivity index (χ0n) is 16.4. The Hall–Kier alpha value is -1.35. The number of carbonyl (C=O) groups is 1. The highest BCUT2D eigenvalue weighted by Gasteiger charge is 2.13. The number of hydrogen-bond donors (Lipinski definition) is 2. The molecule has 6 nitrogen and oxygen atoms in total. The lowest BCUT2D eigenvalue weighted by molar-refractivity contribution is -0.127. The van der Waals surface area contributed by atoms with Gasteiger partial charge in [-0.1, -0.05) is 30.3 Å². The molecular formula is C20H33IN4O2. The van der Waals surface area contributed by atoms with Crippen LogP contribution in [0, 0.1) is 0 Å². The number of amides is 1. The van der Waals surface area contributed by atoms with Crippen LogP contribution in [0.2, 0.25) is 0 Å². The summed E-state index contributed by atoms with van der Waals surface area (Å²) < 4.78 is 5.77. The summed E-state index contributed by atoms with van der Waals surface area (Å²) in [7, 11) is 3.50. The van der Waals surface area contributed by atoms with Crippen molar-refractivity contribution in [1.82, 2.24) is 15.5 Å². The van der Waals surface area contributed by atoms with Crippen molar-refractivity contribution in [3.05, 3.63) is 35.9 Å². The second-order valence-corrected chi connectivity index (χ2v) is 6.85. The molecule has 0 aliphatic carbocycles. The minimum atomic E-state index is 0. The molecule has 0 aromatic heterocycles. The Morgan fingerprint density at radius 2 is 2.00 bits per heavy atom. The Morgan fingerprint density at radius 3 is 2.67 bits per heavy atom. The average molecular weight is 488 g/mol. The van der Waals surface area contributed by atoms with Crippen molar-refractivity contribution in [3.63, 3.8) is 0 Å². The molecule has 1 unspecified atom stereocenters. The van der Waals surface area contributed by atoms with Gasteiger partial charge in [-0.3, -0.25) is 4.79 Å². The van der Waals surface area contributed by atoms with Gasteiger partial charge in [0.25, 0.3) is 0 Å². The van der Waals surface area contributed by atoms with E-state index in [9.17, 15) is 4.79 Å². The van der Waals surface area contributed by atoms with Gasteiger partial charge in [0.05, 0.1) is 19.2 Å². The molecule has 1 aromatic carbocycles. The molecule has 1 atom stereocenters. The quantitative estimate of drug-likeness (QED) is 0.256. The van der Waals surface area contributed by atoms with Gasteiger partial charge in [-0.25, -0.2) is 4.99 Å². The fourth-order valence-electron chi connectivity index (χ4n) is 2.82. The lowest BCUT2D eigenvalue weighted by Crippen LogP contribution is -2.43. The minimum Gasteiger partial charge on any atom is -0.378 e. The highest BCUT2D eigenvalue weighted by atomic mass is 127. The molecule has 0 bridgehead atoms. The van der Waals surface area contributed by atoms with E-state index >= 15 is 0 Å². The van der Waals surface area contributed by atoms with Crippen LogP contribution in [0.1, 0.15) is 37.7 Å². The third-order valence-corrected chi connectivity index (χ3v) is 4.44. The Balaban J connectivity index is 0.00000364. The van der Waals surface area contributed by atoms with Crippen LogP contribution in [0.5, 0.6) is 0 Å². The Bertz CT molecular complexity index is 560. The van der Waals surface area contributed by atoms with Gasteiger partial charge >= 0.3 is 0 Å². The summed E-state index contributed by atoms with van der Waals surface area (Å²) in [5.74, 6) is 0.698. The zero-order chi connectivity index (χ0) is 18.6. The van der Waals surface area contributed by atoms with E-state index in [2.05, 4.69) is 15.6 Å². The highest BCUT2D eigenvalue weighted by Crippen LogP contribution is 2.16. The molecule has 0 radical (unpaired) electrons. The van der Waals surface area contributed by atoms with Crippen LogP contribution in [0.3, 0.4) is 0 Å². The van der Waals surface area contributed by atoms with E-state index in [-0.39, 0.29) is 36.4 Å². The second-order valence-electron chi connectivity index (χ2n) is 6.85. The van der Waals surface area contributed by atoms with Crippen LogP contribution in [-0.4, -0.2) is 56.7 Å². The summed E-state index contributed by atoms with van der Waals surface area (Å²) in [4.78, 5) is 18.0. The maximum absolute atomic E-state index is 11.8. The SMILES string of the molecule is CN(C)C(=O)CNC(=NCc1ccccc1)NCCCC1CCCCO1.I. The van der Waals surface area contributed by atoms with Gasteiger partial charge < -0.3 is 20.3 Å². The van der Waals surface area contributed by atoms with E-state index in [4.69, 9.17) is 4.74 Å². The standard InChI is InChI=1S/C20H32N4O2.HI/c1-24(2)19(25)16-23-20(22-15-17-9-4-3-5-10-17)21-13-8-12-18-11-6-7-14-26-18;/h3-5,9-10,18H,6-8,11-16H2,1-2H3,(H2,21,22,23);1H. The van der Waals surface area contributed by atoms with Gasteiger partial charge in [0.1, 0.15) is 0 Å². The summed E-state index contributed by atoms with van der Waals surface area (Å²) in [6.45, 7) is 2.53. The van der Waals surface area contributed by atoms with Crippen molar-refractivity contribution in [3.8, 4) is 0 Å². The van der Waals surface area contributed by atoms with E-state index in [0.29, 0.717) is 18.6 Å². The predicted molar refractivity (Wildman–Crippen MR) is 121 cm³/mol. The summed E-state index contributed by atoms with van der Waals surface area (Å²) in [5, 5.41) is 6.46. The van der Waals surface area contributed by atoms with Crippen molar-refractivity contribution in [1.29, 1.82) is 0 Å². The van der Waals surface area contributed by atoms with Crippen LogP contribution < -0.4 is 10.6 Å². The third kappa shape index (κ3) is 9.95. The molecule has 0 saturated carbocycles. The highest BCUT2D eigenvalue weighted by molar-refractivity contribution is 14.0. The summed E-state index contributed by atoms with van der Waals surface area (Å²) in [5.41, 5.74) is 1.14. The van der Waals surface area contributed by atoms with Crippen molar-refractivity contribution in [2.75, 3.05) is 33.8 Å². The van der Waals surface area contributed by atoms with Crippen LogP contribution in [0.4, 0.5) is 0 Å². The largest absolute Gasteiger partial charge is 0.378 e. The maximum Gasteiger partial charge on any atom is 0.241 e. The second kappa shape index (κ2) is 13.8. The molecule has 1 aliphatic rings. The summed E-state index contributed by atoms with van der Waals surface area (Å²) in [6, 6.07) is 10.1. The topological polar surface area (TPSA) is 66.0 Å². The number of nitrogens with zero attached hydrogens (tertiary/aromatic N) is 2. The van der Waals surface area contributed by atoms with Gasteiger partial charge in [0.2, 0.25) is 5.91 Å². The van der Waals surface area contributed by atoms with Crippen molar-refractivity contribution in [2.45, 2.75) is 44.8 Å². The molecule has 1 heterocycles. The molecular weight excluding hydrogens is 455 g/mol. The van der Waals surface area contributed by atoms with E-state index in [1.54, 1.807) is 19.0 Å². The number of hydrogen-bond acceptors (Lipinski definition) is 3. The number of nitrogens with one attached hydrogen (secondary N) is 2. The molecule has 1 saturated heterocycles. The predicted octanol–water partition coefficient (Wildman–Crippen LogP) is 2.78. The normalized spacial score (nSPS) is 17.0. The monoisotopic (exact) mass is 488 g/mol. The van der Waals surface area contributed by atoms with Crippen molar-refractivity contribution < 1.29 is 9.53 Å². The van der Waals surface area contributed by atoms with E-state index in [1.165, 1.54) is 19.3 Å². The molecule has 152 valence electrons. The number of guanidine groups is 1. The molecule has 2 rings (SSSR count). The molecule has 0 spiro atoms. The van der Waals surface area contributed by atoms with Crippen LogP contribution in [-0.2, 0) is 16.1 Å². The maximum atomic E-state index is 11.8. The number of aliphatic imine (C=N–C) groups is 1. The van der Waals surface area contributed by atoms with E-state index < -0.39 is 0 Å². The van der Waals surface area contributed by atoms with Crippen LogP contribution >= 0.6 is 24.0 Å². The Labute approximate surface area is 180 Å². The first kappa shape index (κ1) is 23.7. The molecule has 7 heteroatoms. The van der Waals surface area contributed by atoms with Gasteiger partial charge in [-0.05, 0) is 37.7 Å². The fraction of sp³-hybridized carbons (Fsp3) is 0.600. The molecule has 1 aromatic rings. The molecule has 1 fully saturated rings. The number of likely N-dealkylation sites (N-methyl/N-ethyl adjacent to an activating group) is 1. The van der Waals surface area contributed by atoms with Crippen molar-refractivity contribution in [2.24, 2.45) is 4.99 Å². The van der Waals surface area contributed by atoms with Crippen LogP contribution in [0.15, 0.2) is 35.3 Å². The van der Waals surface area contributed by atoms with Gasteiger partial charge in [0, 0.05) is 27.2 Å². The molecule has 1 aliphatic heterocycles. The molecule has 27 heavy (non-hydrogen) atoms. The number of halogens is 1. The average Bonchev–Trinajstić information content (AvgIpc) is 2.67. The zero-order valence-corrected chi connectivity index (χ0v) is 18.8. The third-order valence-electron chi connectivity index (χ3n) is 4.44. The number of benzene rings is 1. The molecule has 2 N–H and O–H groups in total. The number of rotatable bonds is 8. The number of ether oxygens (including phenoxy) is 1. The first-order valence-electron chi connectivity index (χ1n) is 9.53. The lowest BCUT2D eigenvalue weighted by Gasteiger charge is -2.22. The van der Waals surface area contributed by atoms with Gasteiger partial charge in [-0.15, -0.1) is 24.0 Å². The molecule has 1 amide bonds. The smallest absolute Gasteiger partial charge is 0.241 e. The summed E-state index contributed by atoms with van der Waals surface area (Å²) >= 11 is 0. The van der Waals surface area contributed by atoms with Gasteiger partial charge in [-0.2, -0.15) is 0 Å². The number of carbonyl (C=O) groups excluding carboxylic acids is 1. The van der Waals surface area contributed by atoms with E-state index in [0.717, 1.165) is 31.6 Å². The first-order chi connectivity index (χ1) is 12.6. The Kier molecular flexibility index (Phi) is 12.1. The minimum absolute atomic E-state index is 0. The fourth-order valence-corrected chi connectivity index (χ4v) is 2.82. The van der Waals surface area contributed by atoms with E-state index in [1.807, 2.05) is 30.3 Å². The van der Waals surface area contributed by atoms with Crippen LogP contribution in [0.25, 0.3) is 0 Å². The first-order valence-corrected chi connectivity index (χ1v) is 9.53. The van der Waals surface area contributed by atoms with Crippen molar-refractivity contribution >= 4 is 35.8 Å².